The van der Waals surface area contributed by atoms with E-state index in [2.05, 4.69) is 15.2 Å². The van der Waals surface area contributed by atoms with E-state index in [-0.39, 0.29) is 29.4 Å². The highest BCUT2D eigenvalue weighted by Crippen LogP contribution is 2.29. The number of rotatable bonds is 8. The molecule has 1 aliphatic heterocycles. The summed E-state index contributed by atoms with van der Waals surface area (Å²) in [6.07, 6.45) is 1.19. The van der Waals surface area contributed by atoms with Crippen LogP contribution in [0.25, 0.3) is 22.2 Å². The molecule has 1 saturated heterocycles. The van der Waals surface area contributed by atoms with Gasteiger partial charge in [0.15, 0.2) is 0 Å². The monoisotopic (exact) mass is 607 g/mol. The largest absolute Gasteiger partial charge is 0.379 e. The molecule has 1 N–H and O–H groups in total. The van der Waals surface area contributed by atoms with Crippen molar-refractivity contribution >= 4 is 51.7 Å². The third-order valence-corrected chi connectivity index (χ3v) is 8.11. The minimum Gasteiger partial charge on any atom is -0.379 e. The van der Waals surface area contributed by atoms with E-state index >= 15 is 0 Å². The number of hydrogen-bond donors (Lipinski definition) is 1. The highest BCUT2D eigenvalue weighted by Gasteiger charge is 2.26. The van der Waals surface area contributed by atoms with Crippen LogP contribution < -0.4 is 10.9 Å². The number of halogens is 2. The number of fused-ring (bicyclic) bond motifs is 1. The predicted molar refractivity (Wildman–Crippen MR) is 165 cm³/mol. The fraction of sp³-hybridized carbons (Fsp3) is 0.290. The average Bonchev–Trinajstić information content (AvgIpc) is 2.98. The number of ether oxygens (including phenoxy) is 1. The van der Waals surface area contributed by atoms with Crippen LogP contribution in [-0.2, 0) is 20.9 Å². The molecule has 11 heteroatoms. The second-order valence-corrected chi connectivity index (χ2v) is 11.1. The molecule has 2 heterocycles. The van der Waals surface area contributed by atoms with Crippen LogP contribution in [0.3, 0.4) is 0 Å². The number of amides is 2. The summed E-state index contributed by atoms with van der Waals surface area (Å²) < 4.78 is 6.91. The van der Waals surface area contributed by atoms with Crippen molar-refractivity contribution in [3.05, 3.63) is 92.8 Å². The first-order valence-corrected chi connectivity index (χ1v) is 14.3. The van der Waals surface area contributed by atoms with Crippen molar-refractivity contribution in [3.8, 4) is 11.1 Å². The smallest absolute Gasteiger partial charge is 0.269 e. The lowest BCUT2D eigenvalue weighted by Crippen LogP contribution is -2.45. The summed E-state index contributed by atoms with van der Waals surface area (Å²) in [5.74, 6) is -0.365. The van der Waals surface area contributed by atoms with Crippen molar-refractivity contribution in [2.45, 2.75) is 19.5 Å². The van der Waals surface area contributed by atoms with E-state index in [0.717, 1.165) is 35.5 Å². The maximum absolute atomic E-state index is 13.7. The Labute approximate surface area is 253 Å². The number of benzene rings is 3. The molecule has 218 valence electrons. The van der Waals surface area contributed by atoms with Crippen LogP contribution in [0.2, 0.25) is 10.0 Å². The zero-order valence-electron chi connectivity index (χ0n) is 23.3. The molecular weight excluding hydrogens is 577 g/mol. The van der Waals surface area contributed by atoms with Crippen LogP contribution >= 0.6 is 23.2 Å². The van der Waals surface area contributed by atoms with Gasteiger partial charge in [-0.05, 0) is 41.0 Å². The lowest BCUT2D eigenvalue weighted by atomic mass is 9.99. The first-order chi connectivity index (χ1) is 20.2. The summed E-state index contributed by atoms with van der Waals surface area (Å²) in [5.41, 5.74) is 4.14. The highest BCUT2D eigenvalue weighted by atomic mass is 35.5. The van der Waals surface area contributed by atoms with E-state index in [1.807, 2.05) is 48.5 Å². The normalized spacial score (nSPS) is 14.5. The summed E-state index contributed by atoms with van der Waals surface area (Å²) in [7, 11) is 1.76. The molecule has 0 spiro atoms. The number of anilines is 1. The molecule has 42 heavy (non-hydrogen) atoms. The van der Waals surface area contributed by atoms with Gasteiger partial charge in [-0.2, -0.15) is 0 Å². The Morgan fingerprint density at radius 1 is 1.02 bits per heavy atom. The second-order valence-electron chi connectivity index (χ2n) is 10.3. The number of nitrogens with zero attached hydrogens (tertiary/aromatic N) is 4. The summed E-state index contributed by atoms with van der Waals surface area (Å²) in [5, 5.41) is 3.41. The van der Waals surface area contributed by atoms with E-state index in [1.165, 1.54) is 17.7 Å². The predicted octanol–water partition coefficient (Wildman–Crippen LogP) is 4.86. The lowest BCUT2D eigenvalue weighted by molar-refractivity contribution is -0.133. The van der Waals surface area contributed by atoms with E-state index in [1.54, 1.807) is 24.1 Å². The molecule has 0 aliphatic carbocycles. The fourth-order valence-corrected chi connectivity index (χ4v) is 5.42. The number of morpholine rings is 1. The molecule has 9 nitrogen and oxygen atoms in total. The molecule has 1 aromatic heterocycles. The summed E-state index contributed by atoms with van der Waals surface area (Å²) in [6, 6.07) is 18.6. The maximum Gasteiger partial charge on any atom is 0.269 e. The van der Waals surface area contributed by atoms with Gasteiger partial charge >= 0.3 is 0 Å². The SMILES string of the molecule is CC(=O)Nc1cccc(-c2ccc(C(CN3CCOCC3)N(C)C(=O)Cn3c(=O)cnc4cc(Cl)c(Cl)cc43)cc2)c1. The Bertz CT molecular complexity index is 1670. The molecule has 0 saturated carbocycles. The summed E-state index contributed by atoms with van der Waals surface area (Å²) in [4.78, 5) is 46.2. The minimum absolute atomic E-state index is 0.130. The molecule has 0 radical (unpaired) electrons. The Hall–Kier alpha value is -3.76. The van der Waals surface area contributed by atoms with Gasteiger partial charge in [0.1, 0.15) is 6.54 Å². The van der Waals surface area contributed by atoms with Crippen molar-refractivity contribution in [1.82, 2.24) is 19.4 Å². The Balaban J connectivity index is 1.43. The topological polar surface area (TPSA) is 96.8 Å². The van der Waals surface area contributed by atoms with Crippen molar-refractivity contribution in [2.75, 3.05) is 45.2 Å². The summed E-state index contributed by atoms with van der Waals surface area (Å²) >= 11 is 12.4. The number of likely N-dealkylation sites (N-methyl/N-ethyl adjacent to an activating group) is 1. The molecule has 1 fully saturated rings. The van der Waals surface area contributed by atoms with Gasteiger partial charge in [0.05, 0.1) is 46.5 Å². The number of nitrogens with one attached hydrogen (secondary N) is 1. The van der Waals surface area contributed by atoms with Crippen LogP contribution in [0.15, 0.2) is 71.7 Å². The molecule has 1 unspecified atom stereocenters. The first kappa shape index (κ1) is 29.7. The minimum atomic E-state index is -0.404. The van der Waals surface area contributed by atoms with E-state index in [4.69, 9.17) is 27.9 Å². The van der Waals surface area contributed by atoms with Gasteiger partial charge in [0.2, 0.25) is 11.8 Å². The van der Waals surface area contributed by atoms with E-state index in [0.29, 0.717) is 35.8 Å². The molecule has 1 aliphatic rings. The molecule has 3 aromatic carbocycles. The molecule has 0 bridgehead atoms. The van der Waals surface area contributed by atoms with Gasteiger partial charge in [0, 0.05) is 39.3 Å². The number of aromatic nitrogens is 2. The Kier molecular flexibility index (Phi) is 9.23. The molecule has 2 amide bonds. The van der Waals surface area contributed by atoms with Crippen molar-refractivity contribution in [3.63, 3.8) is 0 Å². The van der Waals surface area contributed by atoms with Gasteiger partial charge in [0.25, 0.3) is 5.56 Å². The highest BCUT2D eigenvalue weighted by molar-refractivity contribution is 6.42. The van der Waals surface area contributed by atoms with Gasteiger partial charge in [-0.25, -0.2) is 4.98 Å². The maximum atomic E-state index is 13.7. The zero-order chi connectivity index (χ0) is 29.8. The first-order valence-electron chi connectivity index (χ1n) is 13.6. The average molecular weight is 609 g/mol. The number of carbonyl (C=O) groups excluding carboxylic acids is 2. The van der Waals surface area contributed by atoms with Crippen LogP contribution in [0.1, 0.15) is 18.5 Å². The van der Waals surface area contributed by atoms with Crippen molar-refractivity contribution < 1.29 is 14.3 Å². The Morgan fingerprint density at radius 2 is 1.74 bits per heavy atom. The lowest BCUT2D eigenvalue weighted by Gasteiger charge is -2.35. The van der Waals surface area contributed by atoms with Crippen LogP contribution in [0.5, 0.6) is 0 Å². The number of carbonyl (C=O) groups is 2. The van der Waals surface area contributed by atoms with Gasteiger partial charge in [-0.1, -0.05) is 59.6 Å². The van der Waals surface area contributed by atoms with E-state index < -0.39 is 5.56 Å². The molecule has 4 aromatic rings. The molecular formula is C31H31Cl2N5O4. The van der Waals surface area contributed by atoms with Crippen LogP contribution in [-0.4, -0.2) is 71.1 Å². The van der Waals surface area contributed by atoms with Crippen molar-refractivity contribution in [1.29, 1.82) is 0 Å². The number of hydrogen-bond acceptors (Lipinski definition) is 6. The quantitative estimate of drug-likeness (QED) is 0.307. The Morgan fingerprint density at radius 3 is 2.45 bits per heavy atom. The molecule has 5 rings (SSSR count). The van der Waals surface area contributed by atoms with Gasteiger partial charge in [-0.3, -0.25) is 23.9 Å². The third-order valence-electron chi connectivity index (χ3n) is 7.39. The second kappa shape index (κ2) is 13.0. The van der Waals surface area contributed by atoms with Crippen LogP contribution in [0.4, 0.5) is 5.69 Å². The fourth-order valence-electron chi connectivity index (χ4n) is 5.10. The van der Waals surface area contributed by atoms with Crippen LogP contribution in [0, 0.1) is 0 Å². The zero-order valence-corrected chi connectivity index (χ0v) is 24.9. The van der Waals surface area contributed by atoms with E-state index in [9.17, 15) is 14.4 Å². The van der Waals surface area contributed by atoms with Crippen molar-refractivity contribution in [2.24, 2.45) is 0 Å². The summed E-state index contributed by atoms with van der Waals surface area (Å²) in [6.45, 7) is 4.70. The van der Waals surface area contributed by atoms with Gasteiger partial charge < -0.3 is 15.0 Å². The standard InChI is InChI=1S/C31H31Cl2N5O4/c1-20(39)35-24-5-3-4-23(14-24)21-6-8-22(9-7-21)29(18-37-10-12-42-13-11-37)36(2)31(41)19-38-28-16-26(33)25(32)15-27(28)34-17-30(38)40/h3-9,14-17,29H,10-13,18-19H2,1-2H3,(H,35,39). The third kappa shape index (κ3) is 6.82. The molecule has 1 atom stereocenters. The van der Waals surface area contributed by atoms with Gasteiger partial charge in [-0.15, -0.1) is 0 Å².